The molecule has 2 aromatic rings. The van der Waals surface area contributed by atoms with E-state index in [4.69, 9.17) is 19.1 Å². The van der Waals surface area contributed by atoms with E-state index in [-0.39, 0.29) is 0 Å². The van der Waals surface area contributed by atoms with Crippen molar-refractivity contribution in [1.82, 2.24) is 0 Å². The van der Waals surface area contributed by atoms with Crippen LogP contribution in [0.15, 0.2) is 48.8 Å². The van der Waals surface area contributed by atoms with Crippen LogP contribution in [0.1, 0.15) is 0 Å². The van der Waals surface area contributed by atoms with Crippen molar-refractivity contribution in [3.05, 3.63) is 48.8 Å². The fourth-order valence-electron chi connectivity index (χ4n) is 1.57. The molecule has 0 aromatic carbocycles. The molecule has 0 saturated carbocycles. The number of pyridine rings is 2. The van der Waals surface area contributed by atoms with E-state index in [0.29, 0.717) is 0 Å². The molecule has 15 heavy (non-hydrogen) atoms. The Labute approximate surface area is 99.3 Å². The Bertz CT molecular complexity index is 495. The van der Waals surface area contributed by atoms with Gasteiger partial charge in [0, 0.05) is 0 Å². The average molecular weight is 334 g/mol. The van der Waals surface area contributed by atoms with Gasteiger partial charge in [0.15, 0.2) is 0 Å². The van der Waals surface area contributed by atoms with Gasteiger partial charge in [-0.3, -0.25) is 0 Å². The van der Waals surface area contributed by atoms with Crippen LogP contribution in [0.5, 0.6) is 0 Å². The van der Waals surface area contributed by atoms with E-state index in [1.807, 2.05) is 55.2 Å². The summed E-state index contributed by atoms with van der Waals surface area (Å²) in [5.41, 5.74) is 2.17. The van der Waals surface area contributed by atoms with Crippen LogP contribution in [0.2, 0.25) is 0 Å². The molecule has 3 heterocycles. The topological polar surface area (TPSA) is 7.76 Å². The maximum atomic E-state index is 6.47. The summed E-state index contributed by atoms with van der Waals surface area (Å²) >= 11 is -2.73. The Morgan fingerprint density at radius 1 is 0.800 bits per heavy atom. The predicted octanol–water partition coefficient (Wildman–Crippen LogP) is 1.93. The molecule has 0 unspecified atom stereocenters. The summed E-state index contributed by atoms with van der Waals surface area (Å²) in [5, 5.41) is 0. The third kappa shape index (κ3) is 1.28. The number of nitrogens with zero attached hydrogens (tertiary/aromatic N) is 2. The molecule has 3 rings (SSSR count). The second-order valence-electron chi connectivity index (χ2n) is 3.06. The van der Waals surface area contributed by atoms with Crippen LogP contribution in [0.4, 0.5) is 0 Å². The standard InChI is InChI=1S/C10H8N2.2ClH.Pd/c1-3-7-11-9(5-1)10-6-2-4-8-12-10;;;/h1-8H;2*1H;/q;;;+4/p-2. The van der Waals surface area contributed by atoms with Gasteiger partial charge in [0.05, 0.1) is 0 Å². The van der Waals surface area contributed by atoms with Crippen molar-refractivity contribution in [1.29, 1.82) is 0 Å². The van der Waals surface area contributed by atoms with Gasteiger partial charge in [0.25, 0.3) is 0 Å². The van der Waals surface area contributed by atoms with Gasteiger partial charge in [-0.1, -0.05) is 0 Å². The monoisotopic (exact) mass is 332 g/mol. The van der Waals surface area contributed by atoms with E-state index in [1.54, 1.807) is 0 Å². The molecule has 0 radical (unpaired) electrons. The quantitative estimate of drug-likeness (QED) is 0.651. The summed E-state index contributed by atoms with van der Waals surface area (Å²) in [5.74, 6) is 0. The van der Waals surface area contributed by atoms with Crippen molar-refractivity contribution in [3.8, 4) is 11.4 Å². The summed E-state index contributed by atoms with van der Waals surface area (Å²) in [6.45, 7) is 0. The van der Waals surface area contributed by atoms with Crippen LogP contribution in [-0.4, -0.2) is 0 Å². The second-order valence-corrected chi connectivity index (χ2v) is 10.8. The van der Waals surface area contributed by atoms with Gasteiger partial charge in [0.2, 0.25) is 0 Å². The van der Waals surface area contributed by atoms with Crippen LogP contribution in [0, 0.1) is 0 Å². The molecule has 1 aliphatic rings. The number of rotatable bonds is 0. The van der Waals surface area contributed by atoms with E-state index < -0.39 is 14.0 Å². The van der Waals surface area contributed by atoms with Gasteiger partial charge in [-0.2, -0.15) is 0 Å². The molecule has 0 bridgehead atoms. The molecule has 5 heteroatoms. The number of aromatic nitrogens is 2. The molecule has 0 atom stereocenters. The van der Waals surface area contributed by atoms with Gasteiger partial charge in [-0.25, -0.2) is 0 Å². The summed E-state index contributed by atoms with van der Waals surface area (Å²) in [6.07, 6.45) is 3.89. The molecule has 0 saturated heterocycles. The Morgan fingerprint density at radius 2 is 1.27 bits per heavy atom. The van der Waals surface area contributed by atoms with Crippen molar-refractivity contribution in [2.24, 2.45) is 0 Å². The molecule has 80 valence electrons. The van der Waals surface area contributed by atoms with Gasteiger partial charge < -0.3 is 0 Å². The fraction of sp³-hybridized carbons (Fsp3) is 0. The number of hydrogen-bond acceptors (Lipinski definition) is 0. The first-order valence-corrected chi connectivity index (χ1v) is 9.71. The van der Waals surface area contributed by atoms with Crippen LogP contribution in [-0.2, 0) is 14.0 Å². The van der Waals surface area contributed by atoms with Gasteiger partial charge in [-0.05, 0) is 0 Å². The van der Waals surface area contributed by atoms with Crippen LogP contribution >= 0.6 is 19.1 Å². The minimum absolute atomic E-state index is 1.08. The van der Waals surface area contributed by atoms with Crippen molar-refractivity contribution in [2.45, 2.75) is 0 Å². The molecule has 0 aliphatic carbocycles. The van der Waals surface area contributed by atoms with Gasteiger partial charge in [-0.15, -0.1) is 0 Å². The maximum absolute atomic E-state index is 6.47. The van der Waals surface area contributed by atoms with E-state index in [9.17, 15) is 0 Å². The zero-order valence-electron chi connectivity index (χ0n) is 7.59. The van der Waals surface area contributed by atoms with Crippen LogP contribution in [0.25, 0.3) is 11.4 Å². The molecular weight excluding hydrogens is 325 g/mol. The molecule has 0 fully saturated rings. The molecule has 1 aliphatic heterocycles. The molecule has 0 N–H and O–H groups in total. The Morgan fingerprint density at radius 3 is 1.73 bits per heavy atom. The first-order chi connectivity index (χ1) is 7.21. The van der Waals surface area contributed by atoms with E-state index in [2.05, 4.69) is 0 Å². The number of halogens is 2. The molecule has 2 aromatic heterocycles. The first-order valence-electron chi connectivity index (χ1n) is 4.31. The van der Waals surface area contributed by atoms with Crippen molar-refractivity contribution in [2.75, 3.05) is 0 Å². The van der Waals surface area contributed by atoms with Crippen molar-refractivity contribution < 1.29 is 20.4 Å². The zero-order valence-corrected chi connectivity index (χ0v) is 10.7. The molecule has 0 amide bonds. The normalized spacial score (nSPS) is 18.0. The number of hydrogen-bond donors (Lipinski definition) is 0. The summed E-state index contributed by atoms with van der Waals surface area (Å²) < 4.78 is 3.98. The SMILES string of the molecule is [Cl][Pd]1([Cl])[n+]2ccccc2-c2cccc[n+]21. The summed E-state index contributed by atoms with van der Waals surface area (Å²) in [4.78, 5) is 0. The molecule has 0 spiro atoms. The second kappa shape index (κ2) is 3.27. The van der Waals surface area contributed by atoms with E-state index in [1.165, 1.54) is 0 Å². The molecular formula is C10H8Cl2N2Pd+2. The Hall–Kier alpha value is -0.458. The Balaban J connectivity index is 2.42. The van der Waals surface area contributed by atoms with Gasteiger partial charge >= 0.3 is 99.6 Å². The van der Waals surface area contributed by atoms with Crippen molar-refractivity contribution >= 4 is 19.1 Å². The third-order valence-corrected chi connectivity index (χ3v) is 7.95. The van der Waals surface area contributed by atoms with Crippen LogP contribution in [0.3, 0.4) is 0 Å². The van der Waals surface area contributed by atoms with E-state index in [0.717, 1.165) is 11.4 Å². The predicted molar refractivity (Wildman–Crippen MR) is 54.8 cm³/mol. The average Bonchev–Trinajstić information content (AvgIpc) is 2.51. The number of fused-ring (bicyclic) bond motifs is 3. The third-order valence-electron chi connectivity index (χ3n) is 2.21. The first kappa shape index (κ1) is 9.75. The summed E-state index contributed by atoms with van der Waals surface area (Å²) in [7, 11) is 12.9. The van der Waals surface area contributed by atoms with Gasteiger partial charge in [0.1, 0.15) is 0 Å². The minimum atomic E-state index is -2.73. The molecule has 2 nitrogen and oxygen atoms in total. The zero-order chi connectivity index (χ0) is 10.5. The van der Waals surface area contributed by atoms with E-state index >= 15 is 0 Å². The van der Waals surface area contributed by atoms with Crippen molar-refractivity contribution in [3.63, 3.8) is 0 Å². The Kier molecular flexibility index (Phi) is 2.12. The van der Waals surface area contributed by atoms with Crippen LogP contribution < -0.4 is 6.40 Å². The summed E-state index contributed by atoms with van der Waals surface area (Å²) in [6, 6.07) is 12.0. The fourth-order valence-corrected chi connectivity index (χ4v) is 6.45.